The van der Waals surface area contributed by atoms with Crippen LogP contribution in [0.2, 0.25) is 0 Å². The number of nitrogens with two attached hydrogens (primary N) is 1. The van der Waals surface area contributed by atoms with Crippen LogP contribution in [-0.2, 0) is 32.6 Å². The van der Waals surface area contributed by atoms with Gasteiger partial charge in [-0.25, -0.2) is 27.8 Å². The van der Waals surface area contributed by atoms with Crippen LogP contribution in [0.3, 0.4) is 0 Å². The van der Waals surface area contributed by atoms with Gasteiger partial charge in [0.15, 0.2) is 5.78 Å². The highest BCUT2D eigenvalue weighted by Crippen LogP contribution is 2.33. The molecule has 244 valence electrons. The summed E-state index contributed by atoms with van der Waals surface area (Å²) in [6.07, 6.45) is 1.10. The molecule has 0 saturated heterocycles. The number of benzene rings is 4. The highest BCUT2D eigenvalue weighted by molar-refractivity contribution is 7.89. The number of primary sulfonamides is 1. The van der Waals surface area contributed by atoms with Crippen LogP contribution < -0.4 is 10.6 Å². The number of esters is 1. The summed E-state index contributed by atoms with van der Waals surface area (Å²) in [4.78, 5) is 26.6. The molecular weight excluding hydrogens is 617 g/mol. The van der Waals surface area contributed by atoms with Gasteiger partial charge in [0.2, 0.25) is 10.0 Å². The number of hydrogen-bond donors (Lipinski definition) is 2. The molecule has 0 radical (unpaired) electrons. The Hall–Kier alpha value is -4.64. The number of rotatable bonds is 12. The third-order valence-electron chi connectivity index (χ3n) is 8.07. The van der Waals surface area contributed by atoms with Crippen molar-refractivity contribution in [2.75, 3.05) is 6.54 Å². The van der Waals surface area contributed by atoms with Gasteiger partial charge in [0.25, 0.3) is 0 Å². The maximum absolute atomic E-state index is 15.6. The number of ketones is 1. The predicted octanol–water partition coefficient (Wildman–Crippen LogP) is 6.17. The van der Waals surface area contributed by atoms with Gasteiger partial charge < -0.3 is 10.2 Å². The van der Waals surface area contributed by atoms with Crippen LogP contribution >= 0.6 is 0 Å². The van der Waals surface area contributed by atoms with E-state index in [2.05, 4.69) is 5.43 Å². The van der Waals surface area contributed by atoms with E-state index in [9.17, 15) is 18.0 Å². The molecule has 0 spiro atoms. The second-order valence-corrected chi connectivity index (χ2v) is 13.4. The molecule has 47 heavy (non-hydrogen) atoms. The average molecular weight is 656 g/mol. The van der Waals surface area contributed by atoms with Crippen molar-refractivity contribution < 1.29 is 27.1 Å². The van der Waals surface area contributed by atoms with E-state index < -0.39 is 27.9 Å². The molecule has 0 aromatic heterocycles. The number of sulfonamides is 1. The van der Waals surface area contributed by atoms with Gasteiger partial charge in [-0.05, 0) is 48.1 Å². The lowest BCUT2D eigenvalue weighted by atomic mass is 9.94. The molecule has 0 bridgehead atoms. The highest BCUT2D eigenvalue weighted by atomic mass is 32.2. The van der Waals surface area contributed by atoms with Crippen molar-refractivity contribution in [2.24, 2.45) is 11.1 Å². The summed E-state index contributed by atoms with van der Waals surface area (Å²) < 4.78 is 45.7. The number of nitrogens with one attached hydrogen (secondary N) is 1. The number of nitrogens with zero attached hydrogens (tertiary/aromatic N) is 1. The lowest BCUT2D eigenvalue weighted by molar-refractivity contribution is -0.140. The van der Waals surface area contributed by atoms with Crippen LogP contribution in [0.1, 0.15) is 54.2 Å². The summed E-state index contributed by atoms with van der Waals surface area (Å²) in [6.45, 7) is 6.60. The Balaban J connectivity index is 1.39. The number of hydrogen-bond acceptors (Lipinski definition) is 7. The molecule has 1 aliphatic heterocycles. The second kappa shape index (κ2) is 14.4. The average Bonchev–Trinajstić information content (AvgIpc) is 3.41. The first-order valence-corrected chi connectivity index (χ1v) is 17.1. The standard InChI is InChI=1S/C37H38FN3O5S/c1-4-19-41-32(22-25-17-18-29(31(38)21-25)30-15-8-9-16-33(30)47(39,44)45)34(35(40-41)24(2)3)37(43)46-23-26-11-10-14-28(20-26)36(42)27-12-6-5-7-13-27/h5-18,20-21,24,32,40H,4,19,22-23H2,1-3H3,(H2,39,44,45). The number of carbonyl (C=O) groups excluding carboxylic acids is 2. The minimum atomic E-state index is -4.07. The van der Waals surface area contributed by atoms with Gasteiger partial charge in [-0.3, -0.25) is 4.79 Å². The quantitative estimate of drug-likeness (QED) is 0.139. The summed E-state index contributed by atoms with van der Waals surface area (Å²) in [5.74, 6) is -1.25. The van der Waals surface area contributed by atoms with E-state index in [1.165, 1.54) is 30.3 Å². The molecule has 3 N–H and O–H groups in total. The van der Waals surface area contributed by atoms with Crippen molar-refractivity contribution in [3.05, 3.63) is 136 Å². The fourth-order valence-electron chi connectivity index (χ4n) is 5.83. The molecule has 1 aliphatic rings. The van der Waals surface area contributed by atoms with Crippen LogP contribution in [0.25, 0.3) is 11.1 Å². The van der Waals surface area contributed by atoms with Crippen LogP contribution in [0.15, 0.2) is 113 Å². The Morgan fingerprint density at radius 2 is 1.60 bits per heavy atom. The highest BCUT2D eigenvalue weighted by Gasteiger charge is 2.38. The molecule has 1 atom stereocenters. The van der Waals surface area contributed by atoms with Gasteiger partial charge in [0.05, 0.1) is 16.5 Å². The smallest absolute Gasteiger partial charge is 0.337 e. The van der Waals surface area contributed by atoms with E-state index >= 15 is 4.39 Å². The first-order chi connectivity index (χ1) is 22.5. The van der Waals surface area contributed by atoms with E-state index in [4.69, 9.17) is 9.88 Å². The molecule has 5 rings (SSSR count). The van der Waals surface area contributed by atoms with Gasteiger partial charge in [0.1, 0.15) is 12.4 Å². The summed E-state index contributed by atoms with van der Waals surface area (Å²) in [6, 6.07) is 26.2. The van der Waals surface area contributed by atoms with Crippen LogP contribution in [0, 0.1) is 11.7 Å². The zero-order chi connectivity index (χ0) is 33.7. The van der Waals surface area contributed by atoms with Gasteiger partial charge in [-0.15, -0.1) is 0 Å². The summed E-state index contributed by atoms with van der Waals surface area (Å²) >= 11 is 0. The van der Waals surface area contributed by atoms with Crippen molar-refractivity contribution in [3.8, 4) is 11.1 Å². The number of ether oxygens (including phenoxy) is 1. The fourth-order valence-corrected chi connectivity index (χ4v) is 6.58. The zero-order valence-electron chi connectivity index (χ0n) is 26.6. The van der Waals surface area contributed by atoms with Gasteiger partial charge in [-0.2, -0.15) is 0 Å². The van der Waals surface area contributed by atoms with Crippen molar-refractivity contribution in [2.45, 2.75) is 51.2 Å². The molecule has 4 aromatic carbocycles. The monoisotopic (exact) mass is 655 g/mol. The minimum Gasteiger partial charge on any atom is -0.457 e. The third-order valence-corrected chi connectivity index (χ3v) is 9.04. The van der Waals surface area contributed by atoms with E-state index in [-0.39, 0.29) is 34.3 Å². The Labute approximate surface area is 275 Å². The Morgan fingerprint density at radius 3 is 2.28 bits per heavy atom. The van der Waals surface area contributed by atoms with E-state index in [0.717, 1.165) is 12.1 Å². The number of carbonyl (C=O) groups is 2. The van der Waals surface area contributed by atoms with Crippen LogP contribution in [-0.4, -0.2) is 37.8 Å². The number of allylic oxidation sites excluding steroid dienone is 1. The van der Waals surface area contributed by atoms with Crippen molar-refractivity contribution in [3.63, 3.8) is 0 Å². The Bertz CT molecular complexity index is 1930. The second-order valence-electron chi connectivity index (χ2n) is 11.8. The topological polar surface area (TPSA) is 119 Å². The molecule has 10 heteroatoms. The fraction of sp³-hybridized carbons (Fsp3) is 0.243. The first kappa shape index (κ1) is 33.7. The van der Waals surface area contributed by atoms with Gasteiger partial charge >= 0.3 is 5.97 Å². The molecule has 8 nitrogen and oxygen atoms in total. The molecule has 0 fully saturated rings. The summed E-state index contributed by atoms with van der Waals surface area (Å²) in [5.41, 5.74) is 7.26. The summed E-state index contributed by atoms with van der Waals surface area (Å²) in [7, 11) is -4.07. The van der Waals surface area contributed by atoms with Crippen molar-refractivity contribution in [1.82, 2.24) is 10.4 Å². The predicted molar refractivity (Wildman–Crippen MR) is 179 cm³/mol. The summed E-state index contributed by atoms with van der Waals surface area (Å²) in [5, 5.41) is 7.37. The zero-order valence-corrected chi connectivity index (χ0v) is 27.4. The molecule has 0 saturated carbocycles. The van der Waals surface area contributed by atoms with Gasteiger partial charge in [-0.1, -0.05) is 99.6 Å². The molecule has 0 aliphatic carbocycles. The number of halogens is 1. The van der Waals surface area contributed by atoms with Crippen molar-refractivity contribution in [1.29, 1.82) is 0 Å². The van der Waals surface area contributed by atoms with Gasteiger partial charge in [0, 0.05) is 34.5 Å². The van der Waals surface area contributed by atoms with E-state index in [1.54, 1.807) is 48.5 Å². The SMILES string of the molecule is CCCN1NC(C(C)C)=C(C(=O)OCc2cccc(C(=O)c3ccccc3)c2)C1Cc1ccc(-c2ccccc2S(N)(=O)=O)c(F)c1. The molecule has 4 aromatic rings. The lowest BCUT2D eigenvalue weighted by Crippen LogP contribution is -2.42. The van der Waals surface area contributed by atoms with E-state index in [0.29, 0.717) is 40.8 Å². The maximum atomic E-state index is 15.6. The first-order valence-electron chi connectivity index (χ1n) is 15.5. The molecule has 0 amide bonds. The van der Waals surface area contributed by atoms with E-state index in [1.807, 2.05) is 44.0 Å². The minimum absolute atomic E-state index is 0.0254. The van der Waals surface area contributed by atoms with Crippen molar-refractivity contribution >= 4 is 21.8 Å². The molecular formula is C37H38FN3O5S. The third kappa shape index (κ3) is 7.68. The lowest BCUT2D eigenvalue weighted by Gasteiger charge is -2.26. The molecule has 1 heterocycles. The largest absolute Gasteiger partial charge is 0.457 e. The maximum Gasteiger partial charge on any atom is 0.337 e. The molecule has 1 unspecified atom stereocenters. The Kier molecular flexibility index (Phi) is 10.3. The normalized spacial score (nSPS) is 15.1. The van der Waals surface area contributed by atoms with Crippen LogP contribution in [0.4, 0.5) is 4.39 Å². The number of hydrazine groups is 1. The van der Waals surface area contributed by atoms with Crippen LogP contribution in [0.5, 0.6) is 0 Å². The Morgan fingerprint density at radius 1 is 0.894 bits per heavy atom.